The summed E-state index contributed by atoms with van der Waals surface area (Å²) in [5.41, 5.74) is -2.52. The molecule has 0 saturated heterocycles. The predicted molar refractivity (Wildman–Crippen MR) is 80.1 cm³/mol. The minimum Gasteiger partial charge on any atom is -0.385 e. The second-order valence-corrected chi connectivity index (χ2v) is 7.10. The number of alkyl halides is 9. The largest absolute Gasteiger partial charge is 0.460 e. The maximum atomic E-state index is 13.8. The van der Waals surface area contributed by atoms with E-state index >= 15 is 0 Å². The van der Waals surface area contributed by atoms with Crippen LogP contribution in [0.4, 0.5) is 39.5 Å². The van der Waals surface area contributed by atoms with Gasteiger partial charge in [-0.15, -0.1) is 0 Å². The second kappa shape index (κ2) is 7.18. The molecule has 0 aromatic heterocycles. The Balaban J connectivity index is 3.23. The Morgan fingerprint density at radius 3 is 1.85 bits per heavy atom. The van der Waals surface area contributed by atoms with Gasteiger partial charge in [0.2, 0.25) is 0 Å². The highest BCUT2D eigenvalue weighted by molar-refractivity contribution is 5.28. The van der Waals surface area contributed by atoms with Gasteiger partial charge >= 0.3 is 23.9 Å². The Morgan fingerprint density at radius 2 is 1.41 bits per heavy atom. The van der Waals surface area contributed by atoms with Crippen molar-refractivity contribution in [3.05, 3.63) is 35.4 Å². The van der Waals surface area contributed by atoms with Gasteiger partial charge in [0.05, 0.1) is 12.0 Å². The van der Waals surface area contributed by atoms with Crippen LogP contribution in [0.15, 0.2) is 24.3 Å². The number of hydrogen-bond acceptors (Lipinski definition) is 1. The number of rotatable bonds is 7. The van der Waals surface area contributed by atoms with Crippen LogP contribution in [0.5, 0.6) is 0 Å². The summed E-state index contributed by atoms with van der Waals surface area (Å²) in [6.45, 7) is 4.31. The molecule has 0 heterocycles. The van der Waals surface area contributed by atoms with E-state index in [2.05, 4.69) is 0 Å². The summed E-state index contributed by atoms with van der Waals surface area (Å²) in [7, 11) is 0. The van der Waals surface area contributed by atoms with Crippen molar-refractivity contribution < 1.29 is 44.6 Å². The van der Waals surface area contributed by atoms with E-state index in [0.717, 1.165) is 6.07 Å². The fraction of sp³-hybridized carbons (Fsp3) is 0.647. The summed E-state index contributed by atoms with van der Waals surface area (Å²) in [6, 6.07) is 5.22. The molecule has 0 spiro atoms. The second-order valence-electron chi connectivity index (χ2n) is 7.10. The maximum Gasteiger partial charge on any atom is 0.460 e. The Labute approximate surface area is 150 Å². The molecule has 1 nitrogen and oxygen atoms in total. The van der Waals surface area contributed by atoms with Gasteiger partial charge < -0.3 is 5.11 Å². The first-order valence-electron chi connectivity index (χ1n) is 7.87. The minimum atomic E-state index is -6.97. The van der Waals surface area contributed by atoms with Crippen molar-refractivity contribution in [1.82, 2.24) is 0 Å². The zero-order chi connectivity index (χ0) is 21.5. The average Bonchev–Trinajstić information content (AvgIpc) is 2.44. The molecule has 1 aromatic carbocycles. The summed E-state index contributed by atoms with van der Waals surface area (Å²) in [5, 5.41) is 10.2. The molecule has 1 N–H and O–H groups in total. The van der Waals surface area contributed by atoms with E-state index in [1.807, 2.05) is 13.8 Å². The Bertz CT molecular complexity index is 648. The quantitative estimate of drug-likeness (QED) is 0.551. The molecule has 1 atom stereocenters. The topological polar surface area (TPSA) is 20.2 Å². The van der Waals surface area contributed by atoms with Crippen LogP contribution in [0.25, 0.3) is 0 Å². The lowest BCUT2D eigenvalue weighted by Crippen LogP contribution is -2.62. The van der Waals surface area contributed by atoms with Crippen molar-refractivity contribution in [2.75, 3.05) is 0 Å². The van der Waals surface area contributed by atoms with Gasteiger partial charge in [0.25, 0.3) is 0 Å². The average molecular weight is 410 g/mol. The van der Waals surface area contributed by atoms with E-state index in [9.17, 15) is 44.6 Å². The number of aliphatic hydroxyl groups is 1. The zero-order valence-electron chi connectivity index (χ0n) is 14.6. The summed E-state index contributed by atoms with van der Waals surface area (Å²) >= 11 is 0. The van der Waals surface area contributed by atoms with E-state index in [1.165, 1.54) is 12.1 Å². The molecule has 0 fully saturated rings. The fourth-order valence-electron chi connectivity index (χ4n) is 2.56. The molecule has 1 aromatic rings. The molecule has 0 amide bonds. The molecule has 0 aliphatic heterocycles. The predicted octanol–water partition coefficient (Wildman–Crippen LogP) is 5.95. The molecule has 1 rings (SSSR count). The van der Waals surface area contributed by atoms with Crippen LogP contribution in [0.1, 0.15) is 38.3 Å². The SMILES string of the molecule is CC(C)Cc1cccc(C(C)(O)CC(F)(F)C(F)(F)C(F)(F)C(F)(F)F)c1. The van der Waals surface area contributed by atoms with Crippen LogP contribution in [0.2, 0.25) is 0 Å². The molecule has 156 valence electrons. The standard InChI is InChI=1S/C17H19F9O/c1-10(2)7-11-5-4-6-12(8-11)13(3,27)9-14(18,19)15(20,21)16(22,23)17(24,25)26/h4-6,8,10,27H,7,9H2,1-3H3. The third kappa shape index (κ3) is 4.70. The van der Waals surface area contributed by atoms with E-state index in [0.29, 0.717) is 18.9 Å². The molecule has 0 aliphatic rings. The minimum absolute atomic E-state index is 0.126. The number of halogens is 9. The first-order valence-corrected chi connectivity index (χ1v) is 7.87. The Morgan fingerprint density at radius 1 is 0.889 bits per heavy atom. The molecule has 1 unspecified atom stereocenters. The first-order chi connectivity index (χ1) is 11.8. The normalized spacial score (nSPS) is 16.5. The van der Waals surface area contributed by atoms with Crippen LogP contribution >= 0.6 is 0 Å². The zero-order valence-corrected chi connectivity index (χ0v) is 14.6. The van der Waals surface area contributed by atoms with Crippen molar-refractivity contribution >= 4 is 0 Å². The van der Waals surface area contributed by atoms with Gasteiger partial charge in [-0.25, -0.2) is 0 Å². The third-order valence-corrected chi connectivity index (χ3v) is 3.97. The monoisotopic (exact) mass is 410 g/mol. The first kappa shape index (κ1) is 23.6. The van der Waals surface area contributed by atoms with Crippen molar-refractivity contribution in [1.29, 1.82) is 0 Å². The summed E-state index contributed by atoms with van der Waals surface area (Å²) < 4.78 is 117. The summed E-state index contributed by atoms with van der Waals surface area (Å²) in [5.74, 6) is -19.4. The van der Waals surface area contributed by atoms with Crippen LogP contribution in [0, 0.1) is 5.92 Å². The van der Waals surface area contributed by atoms with Gasteiger partial charge in [-0.3, -0.25) is 0 Å². The van der Waals surface area contributed by atoms with E-state index in [4.69, 9.17) is 0 Å². The van der Waals surface area contributed by atoms with Gasteiger partial charge in [-0.05, 0) is 30.4 Å². The van der Waals surface area contributed by atoms with E-state index in [-0.39, 0.29) is 11.5 Å². The Hall–Kier alpha value is -1.45. The molecule has 0 saturated carbocycles. The molecular weight excluding hydrogens is 391 g/mol. The molecule has 0 bridgehead atoms. The molecule has 27 heavy (non-hydrogen) atoms. The van der Waals surface area contributed by atoms with E-state index < -0.39 is 36.0 Å². The molecule has 0 radical (unpaired) electrons. The van der Waals surface area contributed by atoms with Gasteiger partial charge in [0.15, 0.2) is 0 Å². The highest BCUT2D eigenvalue weighted by Gasteiger charge is 2.81. The number of benzene rings is 1. The van der Waals surface area contributed by atoms with Crippen LogP contribution in [-0.4, -0.2) is 29.1 Å². The molecule has 10 heteroatoms. The third-order valence-electron chi connectivity index (χ3n) is 3.97. The van der Waals surface area contributed by atoms with Crippen molar-refractivity contribution in [2.24, 2.45) is 5.92 Å². The van der Waals surface area contributed by atoms with E-state index in [1.54, 1.807) is 6.07 Å². The van der Waals surface area contributed by atoms with Crippen LogP contribution in [-0.2, 0) is 12.0 Å². The molecular formula is C17H19F9O. The van der Waals surface area contributed by atoms with Crippen molar-refractivity contribution in [3.63, 3.8) is 0 Å². The van der Waals surface area contributed by atoms with Gasteiger partial charge in [-0.2, -0.15) is 39.5 Å². The highest BCUT2D eigenvalue weighted by atomic mass is 19.4. The maximum absolute atomic E-state index is 13.8. The lowest BCUT2D eigenvalue weighted by Gasteiger charge is -2.37. The van der Waals surface area contributed by atoms with Gasteiger partial charge in [0, 0.05) is 0 Å². The number of hydrogen-bond donors (Lipinski definition) is 1. The van der Waals surface area contributed by atoms with Gasteiger partial charge in [0.1, 0.15) is 0 Å². The lowest BCUT2D eigenvalue weighted by atomic mass is 9.85. The lowest BCUT2D eigenvalue weighted by molar-refractivity contribution is -0.400. The van der Waals surface area contributed by atoms with Crippen molar-refractivity contribution in [2.45, 2.75) is 63.2 Å². The summed E-state index contributed by atoms with van der Waals surface area (Å²) in [4.78, 5) is 0. The Kier molecular flexibility index (Phi) is 6.27. The van der Waals surface area contributed by atoms with Gasteiger partial charge in [-0.1, -0.05) is 38.1 Å². The summed E-state index contributed by atoms with van der Waals surface area (Å²) in [6.07, 6.45) is -8.77. The van der Waals surface area contributed by atoms with Crippen LogP contribution < -0.4 is 0 Å². The fourth-order valence-corrected chi connectivity index (χ4v) is 2.56. The molecule has 0 aliphatic carbocycles. The van der Waals surface area contributed by atoms with Crippen LogP contribution in [0.3, 0.4) is 0 Å². The van der Waals surface area contributed by atoms with Crippen molar-refractivity contribution in [3.8, 4) is 0 Å². The highest BCUT2D eigenvalue weighted by Crippen LogP contribution is 2.55. The smallest absolute Gasteiger partial charge is 0.385 e.